The summed E-state index contributed by atoms with van der Waals surface area (Å²) in [5.74, 6) is 1.37. The van der Waals surface area contributed by atoms with E-state index in [1.54, 1.807) is 12.1 Å². The summed E-state index contributed by atoms with van der Waals surface area (Å²) in [6.45, 7) is 6.10. The van der Waals surface area contributed by atoms with Gasteiger partial charge in [0.15, 0.2) is 11.5 Å². The second-order valence-electron chi connectivity index (χ2n) is 6.21. The zero-order valence-corrected chi connectivity index (χ0v) is 17.7. The van der Waals surface area contributed by atoms with Gasteiger partial charge >= 0.3 is 0 Å². The molecule has 0 saturated carbocycles. The number of ether oxygens (including phenoxy) is 2. The van der Waals surface area contributed by atoms with Gasteiger partial charge in [0.05, 0.1) is 13.2 Å². The fraction of sp³-hybridized carbons (Fsp3) is 0.429. The molecule has 154 valence electrons. The zero-order chi connectivity index (χ0) is 20.2. The highest BCUT2D eigenvalue weighted by atomic mass is 35.5. The van der Waals surface area contributed by atoms with Gasteiger partial charge in [-0.15, -0.1) is 0 Å². The molecule has 0 aliphatic rings. The monoisotopic (exact) mass is 426 g/mol. The molecule has 0 aliphatic carbocycles. The van der Waals surface area contributed by atoms with Crippen LogP contribution in [0.25, 0.3) is 0 Å². The predicted octanol–water partition coefficient (Wildman–Crippen LogP) is 4.03. The fourth-order valence-electron chi connectivity index (χ4n) is 2.65. The zero-order valence-electron chi connectivity index (χ0n) is 16.1. The van der Waals surface area contributed by atoms with Crippen molar-refractivity contribution < 1.29 is 14.6 Å². The Morgan fingerprint density at radius 2 is 1.68 bits per heavy atom. The van der Waals surface area contributed by atoms with E-state index in [0.717, 1.165) is 37.2 Å². The number of rotatable bonds is 13. The number of hydrogen-bond acceptors (Lipinski definition) is 5. The van der Waals surface area contributed by atoms with Gasteiger partial charge in [0.1, 0.15) is 6.61 Å². The van der Waals surface area contributed by atoms with Crippen molar-refractivity contribution in [2.45, 2.75) is 26.5 Å². The van der Waals surface area contributed by atoms with Crippen LogP contribution in [0, 0.1) is 0 Å². The lowest BCUT2D eigenvalue weighted by Crippen LogP contribution is -2.23. The Morgan fingerprint density at radius 1 is 0.929 bits per heavy atom. The van der Waals surface area contributed by atoms with E-state index < -0.39 is 0 Å². The van der Waals surface area contributed by atoms with E-state index in [-0.39, 0.29) is 13.2 Å². The molecule has 0 aliphatic heterocycles. The van der Waals surface area contributed by atoms with Gasteiger partial charge in [-0.05, 0) is 56.3 Å². The first-order valence-corrected chi connectivity index (χ1v) is 10.2. The Hall–Kier alpha value is -1.50. The second kappa shape index (κ2) is 12.9. The maximum absolute atomic E-state index is 8.73. The van der Waals surface area contributed by atoms with Crippen molar-refractivity contribution in [3.8, 4) is 11.5 Å². The molecule has 2 aromatic rings. The van der Waals surface area contributed by atoms with Gasteiger partial charge in [-0.3, -0.25) is 0 Å². The van der Waals surface area contributed by atoms with Crippen LogP contribution in [-0.2, 0) is 13.2 Å². The number of aliphatic hydroxyl groups excluding tert-OH is 1. The van der Waals surface area contributed by atoms with E-state index in [1.165, 1.54) is 0 Å². The summed E-state index contributed by atoms with van der Waals surface area (Å²) in [6.07, 6.45) is 0.998. The summed E-state index contributed by atoms with van der Waals surface area (Å²) in [7, 11) is 0. The number of nitrogens with one attached hydrogen (secondary N) is 2. The Balaban J connectivity index is 1.91. The molecule has 2 aromatic carbocycles. The third-order valence-electron chi connectivity index (χ3n) is 4.07. The first-order chi connectivity index (χ1) is 13.7. The summed E-state index contributed by atoms with van der Waals surface area (Å²) in [5, 5.41) is 16.5. The topological polar surface area (TPSA) is 62.8 Å². The largest absolute Gasteiger partial charge is 0.490 e. The highest BCUT2D eigenvalue weighted by molar-refractivity contribution is 6.35. The lowest BCUT2D eigenvalue weighted by atomic mass is 10.2. The van der Waals surface area contributed by atoms with Gasteiger partial charge < -0.3 is 25.2 Å². The van der Waals surface area contributed by atoms with Gasteiger partial charge in [0.2, 0.25) is 0 Å². The van der Waals surface area contributed by atoms with Gasteiger partial charge in [-0.25, -0.2) is 0 Å². The molecule has 0 bridgehead atoms. The first kappa shape index (κ1) is 22.8. The van der Waals surface area contributed by atoms with Crippen molar-refractivity contribution in [2.24, 2.45) is 0 Å². The van der Waals surface area contributed by atoms with Crippen LogP contribution in [0.4, 0.5) is 0 Å². The Morgan fingerprint density at radius 3 is 2.39 bits per heavy atom. The summed E-state index contributed by atoms with van der Waals surface area (Å²) < 4.78 is 11.7. The lowest BCUT2D eigenvalue weighted by Gasteiger charge is -2.15. The van der Waals surface area contributed by atoms with Crippen molar-refractivity contribution in [3.63, 3.8) is 0 Å². The van der Waals surface area contributed by atoms with Crippen LogP contribution in [0.1, 0.15) is 24.5 Å². The predicted molar refractivity (Wildman–Crippen MR) is 115 cm³/mol. The number of hydrogen-bond donors (Lipinski definition) is 3. The van der Waals surface area contributed by atoms with Crippen LogP contribution in [0.3, 0.4) is 0 Å². The van der Waals surface area contributed by atoms with Gasteiger partial charge in [0, 0.05) is 28.7 Å². The SMILES string of the molecule is CCOc1cc(CNCCCNCCO)ccc1OCc1c(Cl)cccc1Cl. The molecule has 0 atom stereocenters. The van der Waals surface area contributed by atoms with E-state index in [2.05, 4.69) is 10.6 Å². The average molecular weight is 427 g/mol. The summed E-state index contributed by atoms with van der Waals surface area (Å²) in [6, 6.07) is 11.3. The molecule has 0 heterocycles. The van der Waals surface area contributed by atoms with Crippen LogP contribution in [-0.4, -0.2) is 38.0 Å². The van der Waals surface area contributed by atoms with Crippen molar-refractivity contribution in [3.05, 3.63) is 57.6 Å². The average Bonchev–Trinajstić information content (AvgIpc) is 2.68. The quantitative estimate of drug-likeness (QED) is 0.422. The van der Waals surface area contributed by atoms with Gasteiger partial charge in [-0.2, -0.15) is 0 Å². The molecule has 0 aromatic heterocycles. The van der Waals surface area contributed by atoms with Crippen LogP contribution < -0.4 is 20.1 Å². The third kappa shape index (κ3) is 7.49. The normalized spacial score (nSPS) is 10.9. The highest BCUT2D eigenvalue weighted by Gasteiger charge is 2.10. The smallest absolute Gasteiger partial charge is 0.161 e. The standard InChI is InChI=1S/C21H28Cl2N2O3/c1-2-27-21-13-16(14-25-10-4-9-24-11-12-26)7-8-20(21)28-15-17-18(22)5-3-6-19(17)23/h3,5-8,13,24-26H,2,4,9-12,14-15H2,1H3. The maximum atomic E-state index is 8.73. The highest BCUT2D eigenvalue weighted by Crippen LogP contribution is 2.31. The molecule has 28 heavy (non-hydrogen) atoms. The number of aliphatic hydroxyl groups is 1. The van der Waals surface area contributed by atoms with E-state index in [4.69, 9.17) is 37.8 Å². The number of benzene rings is 2. The lowest BCUT2D eigenvalue weighted by molar-refractivity contribution is 0.269. The molecule has 3 N–H and O–H groups in total. The van der Waals surface area contributed by atoms with Gasteiger partial charge in [-0.1, -0.05) is 35.3 Å². The maximum Gasteiger partial charge on any atom is 0.161 e. The minimum absolute atomic E-state index is 0.171. The summed E-state index contributed by atoms with van der Waals surface area (Å²) in [4.78, 5) is 0. The molecule has 0 unspecified atom stereocenters. The fourth-order valence-corrected chi connectivity index (χ4v) is 3.15. The summed E-state index contributed by atoms with van der Waals surface area (Å²) in [5.41, 5.74) is 1.88. The molecule has 0 spiro atoms. The van der Waals surface area contributed by atoms with E-state index in [1.807, 2.05) is 31.2 Å². The van der Waals surface area contributed by atoms with E-state index >= 15 is 0 Å². The van der Waals surface area contributed by atoms with Gasteiger partial charge in [0.25, 0.3) is 0 Å². The van der Waals surface area contributed by atoms with Crippen LogP contribution in [0.15, 0.2) is 36.4 Å². The third-order valence-corrected chi connectivity index (χ3v) is 4.77. The van der Waals surface area contributed by atoms with Crippen LogP contribution >= 0.6 is 23.2 Å². The molecular weight excluding hydrogens is 399 g/mol. The molecule has 0 saturated heterocycles. The first-order valence-electron chi connectivity index (χ1n) is 9.49. The van der Waals surface area contributed by atoms with Crippen molar-refractivity contribution in [1.82, 2.24) is 10.6 Å². The summed E-state index contributed by atoms with van der Waals surface area (Å²) >= 11 is 12.4. The molecule has 0 radical (unpaired) electrons. The second-order valence-corrected chi connectivity index (χ2v) is 7.02. The molecule has 5 nitrogen and oxygen atoms in total. The molecular formula is C21H28Cl2N2O3. The van der Waals surface area contributed by atoms with Crippen molar-refractivity contribution >= 4 is 23.2 Å². The molecule has 7 heteroatoms. The van der Waals surface area contributed by atoms with Crippen molar-refractivity contribution in [1.29, 1.82) is 0 Å². The molecule has 2 rings (SSSR count). The van der Waals surface area contributed by atoms with Crippen molar-refractivity contribution in [2.75, 3.05) is 32.8 Å². The minimum atomic E-state index is 0.171. The Labute approximate surface area is 177 Å². The Kier molecular flexibility index (Phi) is 10.5. The molecule has 0 amide bonds. The van der Waals surface area contributed by atoms with E-state index in [0.29, 0.717) is 34.7 Å². The molecule has 0 fully saturated rings. The minimum Gasteiger partial charge on any atom is -0.490 e. The number of halogens is 2. The van der Waals surface area contributed by atoms with E-state index in [9.17, 15) is 0 Å². The Bertz CT molecular complexity index is 709. The van der Waals surface area contributed by atoms with Crippen LogP contribution in [0.2, 0.25) is 10.0 Å². The van der Waals surface area contributed by atoms with Crippen LogP contribution in [0.5, 0.6) is 11.5 Å².